The summed E-state index contributed by atoms with van der Waals surface area (Å²) >= 11 is 0. The molecule has 2 fully saturated rings. The second-order valence-electron chi connectivity index (χ2n) is 7.57. The van der Waals surface area contributed by atoms with Crippen molar-refractivity contribution in [3.05, 3.63) is 0 Å². The first-order valence-electron chi connectivity index (χ1n) is 7.17. The number of rotatable bonds is 4. The zero-order valence-corrected chi connectivity index (χ0v) is 12.3. The third-order valence-corrected chi connectivity index (χ3v) is 5.55. The average Bonchev–Trinajstić information content (AvgIpc) is 2.67. The van der Waals surface area contributed by atoms with Gasteiger partial charge in [0.15, 0.2) is 0 Å². The summed E-state index contributed by atoms with van der Waals surface area (Å²) in [7, 11) is 0. The van der Waals surface area contributed by atoms with Crippen LogP contribution in [0, 0.1) is 22.7 Å². The van der Waals surface area contributed by atoms with Gasteiger partial charge in [-0.3, -0.25) is 4.79 Å². The lowest BCUT2D eigenvalue weighted by molar-refractivity contribution is -0.141. The summed E-state index contributed by atoms with van der Waals surface area (Å²) in [6, 6.07) is -0.0994. The van der Waals surface area contributed by atoms with Gasteiger partial charge in [0.2, 0.25) is 0 Å². The number of aliphatic carboxylic acids is 1. The van der Waals surface area contributed by atoms with E-state index in [-0.39, 0.29) is 16.7 Å². The topological polar surface area (TPSA) is 49.3 Å². The fourth-order valence-corrected chi connectivity index (χ4v) is 4.45. The van der Waals surface area contributed by atoms with Crippen LogP contribution in [-0.2, 0) is 4.79 Å². The molecule has 2 rings (SSSR count). The van der Waals surface area contributed by atoms with E-state index in [4.69, 9.17) is 0 Å². The van der Waals surface area contributed by atoms with Crippen molar-refractivity contribution in [3.63, 3.8) is 0 Å². The van der Waals surface area contributed by atoms with Crippen molar-refractivity contribution in [1.29, 1.82) is 0 Å². The Labute approximate surface area is 110 Å². The predicted molar refractivity (Wildman–Crippen MR) is 72.4 cm³/mol. The highest BCUT2D eigenvalue weighted by Gasteiger charge is 2.59. The van der Waals surface area contributed by atoms with Crippen LogP contribution in [0.5, 0.6) is 0 Å². The van der Waals surface area contributed by atoms with E-state index in [1.54, 1.807) is 0 Å². The summed E-state index contributed by atoms with van der Waals surface area (Å²) in [6.07, 6.45) is 3.80. The minimum atomic E-state index is -0.716. The van der Waals surface area contributed by atoms with Crippen molar-refractivity contribution >= 4 is 5.97 Å². The molecular formula is C15H27NO2. The van der Waals surface area contributed by atoms with Gasteiger partial charge in [0, 0.05) is 6.04 Å². The van der Waals surface area contributed by atoms with E-state index in [0.717, 1.165) is 5.92 Å². The van der Waals surface area contributed by atoms with Crippen LogP contribution < -0.4 is 5.32 Å². The molecule has 3 nitrogen and oxygen atoms in total. The summed E-state index contributed by atoms with van der Waals surface area (Å²) in [5, 5.41) is 12.8. The molecule has 0 aromatic rings. The third kappa shape index (κ3) is 1.97. The molecular weight excluding hydrogens is 226 g/mol. The second kappa shape index (κ2) is 4.22. The van der Waals surface area contributed by atoms with Crippen LogP contribution in [0.15, 0.2) is 0 Å². The highest BCUT2D eigenvalue weighted by atomic mass is 16.4. The van der Waals surface area contributed by atoms with E-state index in [1.165, 1.54) is 19.3 Å². The van der Waals surface area contributed by atoms with Gasteiger partial charge in [-0.05, 0) is 41.9 Å². The molecule has 0 aromatic carbocycles. The van der Waals surface area contributed by atoms with Crippen LogP contribution in [-0.4, -0.2) is 23.2 Å². The van der Waals surface area contributed by atoms with E-state index in [9.17, 15) is 9.90 Å². The van der Waals surface area contributed by atoms with Crippen LogP contribution >= 0.6 is 0 Å². The molecule has 104 valence electrons. The van der Waals surface area contributed by atoms with Gasteiger partial charge in [0.1, 0.15) is 6.04 Å². The van der Waals surface area contributed by atoms with Gasteiger partial charge in [0.25, 0.3) is 0 Å². The largest absolute Gasteiger partial charge is 0.480 e. The van der Waals surface area contributed by atoms with E-state index in [2.05, 4.69) is 26.1 Å². The normalized spacial score (nSPS) is 39.2. The maximum atomic E-state index is 11.4. The van der Waals surface area contributed by atoms with E-state index in [1.807, 2.05) is 13.8 Å². The van der Waals surface area contributed by atoms with Crippen molar-refractivity contribution in [2.75, 3.05) is 0 Å². The van der Waals surface area contributed by atoms with Gasteiger partial charge >= 0.3 is 5.97 Å². The van der Waals surface area contributed by atoms with Crippen LogP contribution in [0.4, 0.5) is 0 Å². The highest BCUT2D eigenvalue weighted by Crippen LogP contribution is 2.62. The maximum absolute atomic E-state index is 11.4. The van der Waals surface area contributed by atoms with Gasteiger partial charge in [-0.15, -0.1) is 0 Å². The zero-order valence-electron chi connectivity index (χ0n) is 12.3. The minimum absolute atomic E-state index is 0.126. The molecule has 2 saturated carbocycles. The molecule has 2 aliphatic carbocycles. The Morgan fingerprint density at radius 2 is 1.94 bits per heavy atom. The lowest BCUT2D eigenvalue weighted by Gasteiger charge is -2.45. The monoisotopic (exact) mass is 253 g/mol. The van der Waals surface area contributed by atoms with Crippen molar-refractivity contribution in [3.8, 4) is 0 Å². The number of carboxylic acids is 1. The van der Waals surface area contributed by atoms with Crippen LogP contribution in [0.25, 0.3) is 0 Å². The molecule has 0 aliphatic heterocycles. The van der Waals surface area contributed by atoms with Crippen molar-refractivity contribution in [1.82, 2.24) is 5.32 Å². The Balaban J connectivity index is 2.20. The molecule has 18 heavy (non-hydrogen) atoms. The number of hydrogen-bond donors (Lipinski definition) is 2. The Bertz CT molecular complexity index is 346. The molecule has 2 aliphatic rings. The highest BCUT2D eigenvalue weighted by molar-refractivity contribution is 5.73. The summed E-state index contributed by atoms with van der Waals surface area (Å²) < 4.78 is 0. The minimum Gasteiger partial charge on any atom is -0.480 e. The van der Waals surface area contributed by atoms with Crippen molar-refractivity contribution in [2.24, 2.45) is 22.7 Å². The average molecular weight is 253 g/mol. The zero-order chi connectivity index (χ0) is 13.7. The quantitative estimate of drug-likeness (QED) is 0.810. The number of nitrogens with one attached hydrogen (secondary N) is 1. The molecule has 4 atom stereocenters. The Kier molecular flexibility index (Phi) is 3.25. The molecule has 0 amide bonds. The van der Waals surface area contributed by atoms with E-state index in [0.29, 0.717) is 6.04 Å². The van der Waals surface area contributed by atoms with E-state index >= 15 is 0 Å². The van der Waals surface area contributed by atoms with Crippen molar-refractivity contribution in [2.45, 2.75) is 66.0 Å². The van der Waals surface area contributed by atoms with Gasteiger partial charge in [0.05, 0.1) is 0 Å². The molecule has 0 radical (unpaired) electrons. The fourth-order valence-electron chi connectivity index (χ4n) is 4.45. The van der Waals surface area contributed by atoms with E-state index < -0.39 is 12.0 Å². The Hall–Kier alpha value is -0.570. The summed E-state index contributed by atoms with van der Waals surface area (Å²) in [5.74, 6) is 0.162. The molecule has 2 bridgehead atoms. The Morgan fingerprint density at radius 1 is 1.33 bits per heavy atom. The lowest BCUT2D eigenvalue weighted by atomic mass is 9.68. The first kappa shape index (κ1) is 13.9. The standard InChI is InChI=1S/C15H27NO2/c1-9(2)11(12(17)18)16-13-14(3,4)10-6-7-15(13,5)8-10/h9-11,13,16H,6-8H2,1-5H3,(H,17,18)/t10-,11?,13?,15+/m0/s1. The smallest absolute Gasteiger partial charge is 0.320 e. The van der Waals surface area contributed by atoms with Gasteiger partial charge in [-0.25, -0.2) is 0 Å². The molecule has 3 heteroatoms. The van der Waals surface area contributed by atoms with Crippen LogP contribution in [0.2, 0.25) is 0 Å². The third-order valence-electron chi connectivity index (χ3n) is 5.55. The van der Waals surface area contributed by atoms with Crippen LogP contribution in [0.1, 0.15) is 53.9 Å². The summed E-state index contributed by atoms with van der Waals surface area (Å²) in [4.78, 5) is 11.4. The predicted octanol–water partition coefficient (Wildman–Crippen LogP) is 2.90. The molecule has 2 N–H and O–H groups in total. The number of hydrogen-bond acceptors (Lipinski definition) is 2. The second-order valence-corrected chi connectivity index (χ2v) is 7.57. The number of carbonyl (C=O) groups is 1. The molecule has 2 unspecified atom stereocenters. The van der Waals surface area contributed by atoms with Gasteiger partial charge < -0.3 is 10.4 Å². The molecule has 0 spiro atoms. The number of carboxylic acid groups (broad SMARTS) is 1. The van der Waals surface area contributed by atoms with Crippen LogP contribution in [0.3, 0.4) is 0 Å². The SMILES string of the molecule is CC(C)C(NC1C(C)(C)[C@H]2CC[C@]1(C)C2)C(=O)O. The maximum Gasteiger partial charge on any atom is 0.320 e. The summed E-state index contributed by atoms with van der Waals surface area (Å²) in [5.41, 5.74) is 0.506. The van der Waals surface area contributed by atoms with Gasteiger partial charge in [-0.1, -0.05) is 34.6 Å². The molecule has 0 heterocycles. The van der Waals surface area contributed by atoms with Crippen molar-refractivity contribution < 1.29 is 9.90 Å². The molecule has 0 aromatic heterocycles. The fraction of sp³-hybridized carbons (Fsp3) is 0.933. The number of fused-ring (bicyclic) bond motifs is 2. The van der Waals surface area contributed by atoms with Gasteiger partial charge in [-0.2, -0.15) is 0 Å². The Morgan fingerprint density at radius 3 is 2.33 bits per heavy atom. The molecule has 0 saturated heterocycles. The first-order chi connectivity index (χ1) is 8.18. The summed E-state index contributed by atoms with van der Waals surface area (Å²) in [6.45, 7) is 10.9. The first-order valence-corrected chi connectivity index (χ1v) is 7.17. The lowest BCUT2D eigenvalue weighted by Crippen LogP contribution is -2.57.